The minimum Gasteiger partial charge on any atom is -0.390 e. The fourth-order valence-corrected chi connectivity index (χ4v) is 2.81. The molecule has 2 heteroatoms. The van der Waals surface area contributed by atoms with E-state index in [2.05, 4.69) is 13.8 Å². The van der Waals surface area contributed by atoms with Crippen LogP contribution in [0, 0.1) is 5.92 Å². The Morgan fingerprint density at radius 2 is 1.71 bits per heavy atom. The van der Waals surface area contributed by atoms with E-state index in [4.69, 9.17) is 0 Å². The van der Waals surface area contributed by atoms with Gasteiger partial charge in [-0.3, -0.25) is 0 Å². The zero-order valence-corrected chi connectivity index (χ0v) is 11.6. The molecular formula is C15H30O2. The van der Waals surface area contributed by atoms with Crippen LogP contribution in [0.4, 0.5) is 0 Å². The Labute approximate surface area is 106 Å². The number of rotatable bonds is 7. The molecule has 0 aromatic rings. The third-order valence-electron chi connectivity index (χ3n) is 4.34. The average Bonchev–Trinajstić information content (AvgIpc) is 2.32. The van der Waals surface area contributed by atoms with E-state index < -0.39 is 11.7 Å². The highest BCUT2D eigenvalue weighted by molar-refractivity contribution is 4.90. The quantitative estimate of drug-likeness (QED) is 0.669. The molecule has 0 aromatic carbocycles. The van der Waals surface area contributed by atoms with Crippen LogP contribution in [0.5, 0.6) is 0 Å². The standard InChI is InChI=1S/C15H30O2/c1-3-4-5-6-7-8-14(16)15(17)11-9-13(2)10-12-15/h13-14,16-17H,3-12H2,1-2H3. The molecule has 1 unspecified atom stereocenters. The summed E-state index contributed by atoms with van der Waals surface area (Å²) < 4.78 is 0. The van der Waals surface area contributed by atoms with E-state index in [9.17, 15) is 10.2 Å². The molecule has 0 aromatic heterocycles. The smallest absolute Gasteiger partial charge is 0.0905 e. The van der Waals surface area contributed by atoms with Crippen LogP contribution < -0.4 is 0 Å². The zero-order valence-electron chi connectivity index (χ0n) is 11.6. The summed E-state index contributed by atoms with van der Waals surface area (Å²) in [5, 5.41) is 20.5. The van der Waals surface area contributed by atoms with Gasteiger partial charge in [-0.15, -0.1) is 0 Å². The molecule has 0 amide bonds. The molecule has 1 aliphatic rings. The van der Waals surface area contributed by atoms with Crippen LogP contribution in [0.1, 0.15) is 78.1 Å². The van der Waals surface area contributed by atoms with Gasteiger partial charge in [-0.1, -0.05) is 46.0 Å². The highest BCUT2D eigenvalue weighted by Crippen LogP contribution is 2.35. The van der Waals surface area contributed by atoms with E-state index in [1.807, 2.05) is 0 Å². The predicted octanol–water partition coefficient (Wildman–Crippen LogP) is 3.65. The largest absolute Gasteiger partial charge is 0.390 e. The molecule has 0 heterocycles. The van der Waals surface area contributed by atoms with Crippen molar-refractivity contribution in [3.8, 4) is 0 Å². The minimum atomic E-state index is -0.780. The summed E-state index contributed by atoms with van der Waals surface area (Å²) in [5.74, 6) is 0.715. The zero-order chi connectivity index (χ0) is 12.7. The number of hydrogen-bond donors (Lipinski definition) is 2. The first kappa shape index (κ1) is 15.0. The lowest BCUT2D eigenvalue weighted by atomic mass is 9.75. The number of aliphatic hydroxyl groups excluding tert-OH is 1. The maximum atomic E-state index is 10.4. The van der Waals surface area contributed by atoms with Crippen molar-refractivity contribution < 1.29 is 10.2 Å². The Kier molecular flexibility index (Phi) is 6.50. The second kappa shape index (κ2) is 7.38. The van der Waals surface area contributed by atoms with Crippen molar-refractivity contribution in [2.45, 2.75) is 89.8 Å². The summed E-state index contributed by atoms with van der Waals surface area (Å²) in [6.07, 6.45) is 10.0. The molecule has 2 N–H and O–H groups in total. The van der Waals surface area contributed by atoms with E-state index in [0.717, 1.165) is 38.5 Å². The Morgan fingerprint density at radius 3 is 2.29 bits per heavy atom. The fourth-order valence-electron chi connectivity index (χ4n) is 2.81. The van der Waals surface area contributed by atoms with Gasteiger partial charge in [0.15, 0.2) is 0 Å². The number of unbranched alkanes of at least 4 members (excludes halogenated alkanes) is 4. The molecule has 1 fully saturated rings. The molecule has 1 saturated carbocycles. The molecule has 1 rings (SSSR count). The van der Waals surface area contributed by atoms with Crippen LogP contribution in [-0.4, -0.2) is 21.9 Å². The topological polar surface area (TPSA) is 40.5 Å². The summed E-state index contributed by atoms with van der Waals surface area (Å²) in [5.41, 5.74) is -0.780. The molecule has 2 nitrogen and oxygen atoms in total. The van der Waals surface area contributed by atoms with Crippen LogP contribution in [0.3, 0.4) is 0 Å². The highest BCUT2D eigenvalue weighted by atomic mass is 16.3. The molecule has 1 atom stereocenters. The van der Waals surface area contributed by atoms with Crippen molar-refractivity contribution in [2.24, 2.45) is 5.92 Å². The van der Waals surface area contributed by atoms with Crippen LogP contribution in [0.25, 0.3) is 0 Å². The summed E-state index contributed by atoms with van der Waals surface area (Å²) >= 11 is 0. The third-order valence-corrected chi connectivity index (χ3v) is 4.34. The Morgan fingerprint density at radius 1 is 1.12 bits per heavy atom. The highest BCUT2D eigenvalue weighted by Gasteiger charge is 2.37. The van der Waals surface area contributed by atoms with E-state index in [1.54, 1.807) is 0 Å². The summed E-state index contributed by atoms with van der Waals surface area (Å²) in [6.45, 7) is 4.44. The molecule has 0 radical (unpaired) electrons. The van der Waals surface area contributed by atoms with E-state index >= 15 is 0 Å². The second-order valence-electron chi connectivity index (χ2n) is 6.00. The molecule has 17 heavy (non-hydrogen) atoms. The molecule has 0 bridgehead atoms. The Bertz CT molecular complexity index is 195. The maximum absolute atomic E-state index is 10.4. The van der Waals surface area contributed by atoms with Crippen molar-refractivity contribution >= 4 is 0 Å². The fraction of sp³-hybridized carbons (Fsp3) is 1.00. The lowest BCUT2D eigenvalue weighted by Crippen LogP contribution is -2.45. The number of hydrogen-bond acceptors (Lipinski definition) is 2. The lowest BCUT2D eigenvalue weighted by Gasteiger charge is -2.38. The molecule has 1 aliphatic carbocycles. The maximum Gasteiger partial charge on any atom is 0.0905 e. The van der Waals surface area contributed by atoms with E-state index in [0.29, 0.717) is 5.92 Å². The lowest BCUT2D eigenvalue weighted by molar-refractivity contribution is -0.106. The molecule has 102 valence electrons. The predicted molar refractivity (Wildman–Crippen MR) is 72.0 cm³/mol. The first-order valence-corrected chi connectivity index (χ1v) is 7.49. The third kappa shape index (κ3) is 4.97. The summed E-state index contributed by atoms with van der Waals surface area (Å²) in [6, 6.07) is 0. The number of aliphatic hydroxyl groups is 2. The van der Waals surface area contributed by atoms with Gasteiger partial charge in [-0.25, -0.2) is 0 Å². The molecule has 0 spiro atoms. The molecule has 0 aliphatic heterocycles. The van der Waals surface area contributed by atoms with Crippen molar-refractivity contribution in [1.29, 1.82) is 0 Å². The van der Waals surface area contributed by atoms with Gasteiger partial charge >= 0.3 is 0 Å². The van der Waals surface area contributed by atoms with Crippen LogP contribution in [-0.2, 0) is 0 Å². The van der Waals surface area contributed by atoms with Gasteiger partial charge in [0.2, 0.25) is 0 Å². The average molecular weight is 242 g/mol. The first-order valence-electron chi connectivity index (χ1n) is 7.49. The van der Waals surface area contributed by atoms with Gasteiger partial charge in [0.1, 0.15) is 0 Å². The summed E-state index contributed by atoms with van der Waals surface area (Å²) in [7, 11) is 0. The van der Waals surface area contributed by atoms with Crippen LogP contribution in [0.15, 0.2) is 0 Å². The first-order chi connectivity index (χ1) is 8.08. The SMILES string of the molecule is CCCCCCCC(O)C1(O)CCC(C)CC1. The molecule has 0 saturated heterocycles. The van der Waals surface area contributed by atoms with Crippen molar-refractivity contribution in [3.05, 3.63) is 0 Å². The van der Waals surface area contributed by atoms with E-state index in [1.165, 1.54) is 25.7 Å². The van der Waals surface area contributed by atoms with Gasteiger partial charge in [0.25, 0.3) is 0 Å². The second-order valence-corrected chi connectivity index (χ2v) is 6.00. The van der Waals surface area contributed by atoms with Crippen LogP contribution >= 0.6 is 0 Å². The van der Waals surface area contributed by atoms with Crippen molar-refractivity contribution in [2.75, 3.05) is 0 Å². The minimum absolute atomic E-state index is 0.503. The van der Waals surface area contributed by atoms with Gasteiger partial charge < -0.3 is 10.2 Å². The molecular weight excluding hydrogens is 212 g/mol. The Balaban J connectivity index is 2.19. The van der Waals surface area contributed by atoms with E-state index in [-0.39, 0.29) is 0 Å². The normalized spacial score (nSPS) is 31.4. The van der Waals surface area contributed by atoms with Gasteiger partial charge in [0.05, 0.1) is 11.7 Å². The van der Waals surface area contributed by atoms with Gasteiger partial charge in [-0.2, -0.15) is 0 Å². The van der Waals surface area contributed by atoms with Crippen LogP contribution in [0.2, 0.25) is 0 Å². The van der Waals surface area contributed by atoms with Gasteiger partial charge in [0, 0.05) is 0 Å². The van der Waals surface area contributed by atoms with Crippen molar-refractivity contribution in [1.82, 2.24) is 0 Å². The van der Waals surface area contributed by atoms with Crippen molar-refractivity contribution in [3.63, 3.8) is 0 Å². The summed E-state index contributed by atoms with van der Waals surface area (Å²) in [4.78, 5) is 0. The van der Waals surface area contributed by atoms with Gasteiger partial charge in [-0.05, 0) is 38.0 Å². The monoisotopic (exact) mass is 242 g/mol. The Hall–Kier alpha value is -0.0800.